The third-order valence-electron chi connectivity index (χ3n) is 3.74. The Morgan fingerprint density at radius 2 is 2.25 bits per heavy atom. The molecule has 1 aromatic heterocycles. The first-order valence-corrected chi connectivity index (χ1v) is 6.72. The van der Waals surface area contributed by atoms with E-state index in [1.54, 1.807) is 0 Å². The summed E-state index contributed by atoms with van der Waals surface area (Å²) in [6.45, 7) is 4.79. The van der Waals surface area contributed by atoms with E-state index in [1.807, 2.05) is 11.7 Å². The molecule has 2 fully saturated rings. The van der Waals surface area contributed by atoms with Crippen LogP contribution in [0.3, 0.4) is 0 Å². The summed E-state index contributed by atoms with van der Waals surface area (Å²) >= 11 is 3.44. The van der Waals surface area contributed by atoms with Crippen LogP contribution in [-0.2, 0) is 7.05 Å². The van der Waals surface area contributed by atoms with E-state index in [9.17, 15) is 0 Å². The first-order valence-electron chi connectivity index (χ1n) is 5.92. The highest BCUT2D eigenvalue weighted by molar-refractivity contribution is 9.10. The lowest BCUT2D eigenvalue weighted by Gasteiger charge is -2.38. The Balaban J connectivity index is 1.78. The Morgan fingerprint density at radius 1 is 1.38 bits per heavy atom. The second-order valence-corrected chi connectivity index (χ2v) is 5.54. The van der Waals surface area contributed by atoms with Crippen molar-refractivity contribution in [2.75, 3.05) is 31.1 Å². The molecule has 16 heavy (non-hydrogen) atoms. The van der Waals surface area contributed by atoms with Crippen molar-refractivity contribution in [3.05, 3.63) is 10.7 Å². The Hall–Kier alpha value is -0.550. The number of hydrogen-bond acceptors (Lipinski definition) is 3. The summed E-state index contributed by atoms with van der Waals surface area (Å²) in [5, 5.41) is 4.35. The highest BCUT2D eigenvalue weighted by Crippen LogP contribution is 2.26. The van der Waals surface area contributed by atoms with Gasteiger partial charge in [0.1, 0.15) is 10.4 Å². The molecule has 0 saturated carbocycles. The molecule has 4 nitrogen and oxygen atoms in total. The van der Waals surface area contributed by atoms with Crippen molar-refractivity contribution < 1.29 is 0 Å². The molecule has 5 heteroatoms. The third-order valence-corrected chi connectivity index (χ3v) is 4.12. The fourth-order valence-electron chi connectivity index (χ4n) is 2.92. The number of rotatable bonds is 1. The predicted molar refractivity (Wildman–Crippen MR) is 67.7 cm³/mol. The number of anilines is 1. The summed E-state index contributed by atoms with van der Waals surface area (Å²) in [4.78, 5) is 5.09. The average Bonchev–Trinajstić information content (AvgIpc) is 2.83. The third kappa shape index (κ3) is 1.76. The van der Waals surface area contributed by atoms with E-state index < -0.39 is 0 Å². The minimum atomic E-state index is 0.766. The van der Waals surface area contributed by atoms with Crippen LogP contribution >= 0.6 is 15.9 Å². The minimum Gasteiger partial charge on any atom is -0.354 e. The SMILES string of the molecule is Cn1nc(Br)cc1N1CCN2CCCC2C1. The molecule has 1 atom stereocenters. The maximum atomic E-state index is 4.35. The number of hydrogen-bond donors (Lipinski definition) is 0. The summed E-state index contributed by atoms with van der Waals surface area (Å²) in [5.74, 6) is 1.23. The van der Waals surface area contributed by atoms with Gasteiger partial charge in [-0.05, 0) is 35.3 Å². The van der Waals surface area contributed by atoms with Crippen LogP contribution < -0.4 is 4.90 Å². The van der Waals surface area contributed by atoms with Crippen LogP contribution in [0.5, 0.6) is 0 Å². The monoisotopic (exact) mass is 284 g/mol. The van der Waals surface area contributed by atoms with Gasteiger partial charge in [0.2, 0.25) is 0 Å². The molecule has 0 amide bonds. The van der Waals surface area contributed by atoms with Crippen LogP contribution in [0.1, 0.15) is 12.8 Å². The number of fused-ring (bicyclic) bond motifs is 1. The Labute approximate surface area is 104 Å². The summed E-state index contributed by atoms with van der Waals surface area (Å²) in [7, 11) is 2.01. The summed E-state index contributed by atoms with van der Waals surface area (Å²) < 4.78 is 2.90. The lowest BCUT2D eigenvalue weighted by Crippen LogP contribution is -2.50. The van der Waals surface area contributed by atoms with Crippen LogP contribution in [0.2, 0.25) is 0 Å². The van der Waals surface area contributed by atoms with Gasteiger partial charge in [0.15, 0.2) is 0 Å². The second-order valence-electron chi connectivity index (χ2n) is 4.73. The smallest absolute Gasteiger partial charge is 0.130 e. The fraction of sp³-hybridized carbons (Fsp3) is 0.727. The first-order chi connectivity index (χ1) is 7.74. The zero-order valence-electron chi connectivity index (χ0n) is 9.56. The van der Waals surface area contributed by atoms with E-state index in [0.717, 1.165) is 23.7 Å². The van der Waals surface area contributed by atoms with Gasteiger partial charge in [-0.3, -0.25) is 9.58 Å². The largest absolute Gasteiger partial charge is 0.354 e. The molecular formula is C11H17BrN4. The van der Waals surface area contributed by atoms with Crippen LogP contribution in [0, 0.1) is 0 Å². The van der Waals surface area contributed by atoms with E-state index in [0.29, 0.717) is 0 Å². The molecule has 2 aliphatic heterocycles. The Bertz CT molecular complexity index is 389. The molecule has 2 saturated heterocycles. The number of aryl methyl sites for hydroxylation is 1. The van der Waals surface area contributed by atoms with E-state index >= 15 is 0 Å². The zero-order chi connectivity index (χ0) is 11.1. The molecular weight excluding hydrogens is 268 g/mol. The molecule has 2 aliphatic rings. The van der Waals surface area contributed by atoms with Gasteiger partial charge in [-0.25, -0.2) is 0 Å². The van der Waals surface area contributed by atoms with Crippen LogP contribution in [0.4, 0.5) is 5.82 Å². The van der Waals surface area contributed by atoms with E-state index in [1.165, 1.54) is 31.7 Å². The van der Waals surface area contributed by atoms with Crippen molar-refractivity contribution in [1.82, 2.24) is 14.7 Å². The molecule has 0 N–H and O–H groups in total. The summed E-state index contributed by atoms with van der Waals surface area (Å²) in [6.07, 6.45) is 2.73. The standard InChI is InChI=1S/C11H17BrN4/c1-14-11(7-10(12)13-14)16-6-5-15-4-2-3-9(15)8-16/h7,9H,2-6,8H2,1H3. The van der Waals surface area contributed by atoms with Crippen molar-refractivity contribution in [2.24, 2.45) is 7.05 Å². The van der Waals surface area contributed by atoms with Crippen molar-refractivity contribution >= 4 is 21.7 Å². The molecule has 1 unspecified atom stereocenters. The number of piperazine rings is 1. The van der Waals surface area contributed by atoms with Crippen molar-refractivity contribution in [1.29, 1.82) is 0 Å². The average molecular weight is 285 g/mol. The Kier molecular flexibility index (Phi) is 2.67. The molecule has 0 bridgehead atoms. The van der Waals surface area contributed by atoms with Gasteiger partial charge in [0, 0.05) is 38.8 Å². The van der Waals surface area contributed by atoms with Gasteiger partial charge < -0.3 is 4.90 Å². The quantitative estimate of drug-likeness (QED) is 0.781. The molecule has 0 radical (unpaired) electrons. The van der Waals surface area contributed by atoms with Crippen molar-refractivity contribution in [2.45, 2.75) is 18.9 Å². The van der Waals surface area contributed by atoms with Gasteiger partial charge in [-0.15, -0.1) is 0 Å². The molecule has 3 rings (SSSR count). The van der Waals surface area contributed by atoms with Gasteiger partial charge in [-0.1, -0.05) is 0 Å². The zero-order valence-corrected chi connectivity index (χ0v) is 11.2. The molecule has 3 heterocycles. The lowest BCUT2D eigenvalue weighted by molar-refractivity contribution is 0.229. The van der Waals surface area contributed by atoms with Crippen LogP contribution in [0.25, 0.3) is 0 Å². The Morgan fingerprint density at radius 3 is 3.00 bits per heavy atom. The second kappa shape index (κ2) is 4.04. The van der Waals surface area contributed by atoms with Crippen LogP contribution in [0.15, 0.2) is 10.7 Å². The van der Waals surface area contributed by atoms with E-state index in [-0.39, 0.29) is 0 Å². The van der Waals surface area contributed by atoms with Crippen LogP contribution in [-0.4, -0.2) is 46.9 Å². The van der Waals surface area contributed by atoms with Gasteiger partial charge in [0.25, 0.3) is 0 Å². The number of halogens is 1. The number of nitrogens with zero attached hydrogens (tertiary/aromatic N) is 4. The van der Waals surface area contributed by atoms with E-state index in [4.69, 9.17) is 0 Å². The number of aromatic nitrogens is 2. The van der Waals surface area contributed by atoms with Crippen molar-refractivity contribution in [3.8, 4) is 0 Å². The van der Waals surface area contributed by atoms with Gasteiger partial charge >= 0.3 is 0 Å². The topological polar surface area (TPSA) is 24.3 Å². The summed E-state index contributed by atoms with van der Waals surface area (Å²) in [5.41, 5.74) is 0. The fourth-order valence-corrected chi connectivity index (χ4v) is 3.36. The van der Waals surface area contributed by atoms with E-state index in [2.05, 4.69) is 36.9 Å². The highest BCUT2D eigenvalue weighted by Gasteiger charge is 2.31. The van der Waals surface area contributed by atoms with Crippen molar-refractivity contribution in [3.63, 3.8) is 0 Å². The predicted octanol–water partition coefficient (Wildman–Crippen LogP) is 1.47. The first kappa shape index (κ1) is 10.6. The molecule has 1 aromatic rings. The molecule has 0 aliphatic carbocycles. The highest BCUT2D eigenvalue weighted by atomic mass is 79.9. The maximum absolute atomic E-state index is 4.35. The molecule has 0 spiro atoms. The van der Waals surface area contributed by atoms with Gasteiger partial charge in [0.05, 0.1) is 0 Å². The molecule has 0 aromatic carbocycles. The normalized spacial score (nSPS) is 26.1. The molecule has 88 valence electrons. The summed E-state index contributed by atoms with van der Waals surface area (Å²) in [6, 6.07) is 2.88. The lowest BCUT2D eigenvalue weighted by atomic mass is 10.1. The van der Waals surface area contributed by atoms with Gasteiger partial charge in [-0.2, -0.15) is 5.10 Å². The maximum Gasteiger partial charge on any atom is 0.130 e. The minimum absolute atomic E-state index is 0.766.